The minimum absolute atomic E-state index is 0.539. The molecular weight excluding hydrogens is 340 g/mol. The van der Waals surface area contributed by atoms with E-state index in [1.54, 1.807) is 11.3 Å². The summed E-state index contributed by atoms with van der Waals surface area (Å²) in [7, 11) is 0. The summed E-state index contributed by atoms with van der Waals surface area (Å²) >= 11 is 3.09. The number of aromatic nitrogens is 4. The molecule has 0 spiro atoms. The van der Waals surface area contributed by atoms with Gasteiger partial charge in [0.2, 0.25) is 0 Å². The van der Waals surface area contributed by atoms with E-state index in [2.05, 4.69) is 38.4 Å². The summed E-state index contributed by atoms with van der Waals surface area (Å²) in [5.41, 5.74) is 3.10. The minimum Gasteiger partial charge on any atom is -0.410 e. The van der Waals surface area contributed by atoms with Crippen molar-refractivity contribution in [2.24, 2.45) is 0 Å². The van der Waals surface area contributed by atoms with Gasteiger partial charge in [-0.2, -0.15) is 0 Å². The summed E-state index contributed by atoms with van der Waals surface area (Å²) in [5.74, 6) is 1.27. The van der Waals surface area contributed by atoms with Crippen molar-refractivity contribution >= 4 is 34.0 Å². The molecule has 3 aromatic heterocycles. The van der Waals surface area contributed by atoms with Gasteiger partial charge in [0.1, 0.15) is 4.88 Å². The molecular formula is C17H14N4OS2. The molecule has 0 atom stereocenters. The third kappa shape index (κ3) is 2.92. The second kappa shape index (κ2) is 6.33. The summed E-state index contributed by atoms with van der Waals surface area (Å²) < 4.78 is 5.79. The second-order valence-electron chi connectivity index (χ2n) is 5.30. The first-order valence-electron chi connectivity index (χ1n) is 7.44. The molecule has 24 heavy (non-hydrogen) atoms. The maximum atomic E-state index is 5.79. The Morgan fingerprint density at radius 1 is 1.12 bits per heavy atom. The SMILES string of the molecule is Cc1nc(C)c(-c2nnc(SCc3cccc4cccnc34)o2)s1. The minimum atomic E-state index is 0.539. The maximum Gasteiger partial charge on any atom is 0.277 e. The molecule has 0 N–H and O–H groups in total. The van der Waals surface area contributed by atoms with Crippen LogP contribution in [-0.2, 0) is 5.75 Å². The van der Waals surface area contributed by atoms with E-state index < -0.39 is 0 Å². The lowest BCUT2D eigenvalue weighted by Gasteiger charge is -2.03. The van der Waals surface area contributed by atoms with Crippen molar-refractivity contribution in [1.29, 1.82) is 0 Å². The van der Waals surface area contributed by atoms with E-state index in [4.69, 9.17) is 4.42 Å². The molecule has 0 aliphatic carbocycles. The Morgan fingerprint density at radius 3 is 2.83 bits per heavy atom. The Morgan fingerprint density at radius 2 is 2.00 bits per heavy atom. The summed E-state index contributed by atoms with van der Waals surface area (Å²) in [5, 5.41) is 11.0. The lowest BCUT2D eigenvalue weighted by molar-refractivity contribution is 0.466. The van der Waals surface area contributed by atoms with Crippen LogP contribution in [0.4, 0.5) is 0 Å². The van der Waals surface area contributed by atoms with Crippen LogP contribution in [0.15, 0.2) is 46.2 Å². The van der Waals surface area contributed by atoms with E-state index in [9.17, 15) is 0 Å². The van der Waals surface area contributed by atoms with Crippen molar-refractivity contribution in [2.45, 2.75) is 24.8 Å². The fourth-order valence-corrected chi connectivity index (χ4v) is 4.10. The molecule has 0 amide bonds. The third-order valence-corrected chi connectivity index (χ3v) is 5.50. The highest BCUT2D eigenvalue weighted by Gasteiger charge is 2.15. The fourth-order valence-electron chi connectivity index (χ4n) is 2.51. The van der Waals surface area contributed by atoms with Gasteiger partial charge in [-0.15, -0.1) is 21.5 Å². The highest BCUT2D eigenvalue weighted by Crippen LogP contribution is 2.32. The van der Waals surface area contributed by atoms with Crippen LogP contribution < -0.4 is 0 Å². The number of nitrogens with zero attached hydrogens (tertiary/aromatic N) is 4. The van der Waals surface area contributed by atoms with Crippen LogP contribution >= 0.6 is 23.1 Å². The Bertz CT molecular complexity index is 1000. The second-order valence-corrected chi connectivity index (χ2v) is 7.43. The molecule has 0 saturated heterocycles. The zero-order valence-electron chi connectivity index (χ0n) is 13.2. The van der Waals surface area contributed by atoms with E-state index in [1.807, 2.05) is 32.2 Å². The molecule has 4 rings (SSSR count). The van der Waals surface area contributed by atoms with Gasteiger partial charge < -0.3 is 4.42 Å². The Balaban J connectivity index is 1.55. The first-order chi connectivity index (χ1) is 11.7. The molecule has 0 aliphatic rings. The van der Waals surface area contributed by atoms with Crippen LogP contribution in [0.25, 0.3) is 21.7 Å². The van der Waals surface area contributed by atoms with Gasteiger partial charge >= 0.3 is 0 Å². The van der Waals surface area contributed by atoms with Crippen LogP contribution in [0.1, 0.15) is 16.3 Å². The smallest absolute Gasteiger partial charge is 0.277 e. The molecule has 3 heterocycles. The number of rotatable bonds is 4. The topological polar surface area (TPSA) is 64.7 Å². The predicted octanol–water partition coefficient (Wildman–Crippen LogP) is 4.65. The molecule has 0 bridgehead atoms. The normalized spacial score (nSPS) is 11.2. The average molecular weight is 354 g/mol. The molecule has 0 radical (unpaired) electrons. The van der Waals surface area contributed by atoms with E-state index >= 15 is 0 Å². The van der Waals surface area contributed by atoms with Gasteiger partial charge in [0, 0.05) is 17.3 Å². The first-order valence-corrected chi connectivity index (χ1v) is 9.24. The van der Waals surface area contributed by atoms with Crippen molar-refractivity contribution in [3.05, 3.63) is 52.8 Å². The number of thioether (sulfide) groups is 1. The van der Waals surface area contributed by atoms with Crippen LogP contribution in [0.3, 0.4) is 0 Å². The quantitative estimate of drug-likeness (QED) is 0.497. The first kappa shape index (κ1) is 15.3. The van der Waals surface area contributed by atoms with Crippen molar-refractivity contribution in [1.82, 2.24) is 20.2 Å². The van der Waals surface area contributed by atoms with Gasteiger partial charge in [-0.3, -0.25) is 4.98 Å². The van der Waals surface area contributed by atoms with E-state index in [0.29, 0.717) is 11.1 Å². The van der Waals surface area contributed by atoms with Gasteiger partial charge in [0.15, 0.2) is 0 Å². The van der Waals surface area contributed by atoms with Crippen LogP contribution in [0.2, 0.25) is 0 Å². The molecule has 120 valence electrons. The summed E-state index contributed by atoms with van der Waals surface area (Å²) in [6.07, 6.45) is 1.82. The zero-order chi connectivity index (χ0) is 16.5. The zero-order valence-corrected chi connectivity index (χ0v) is 14.8. The number of pyridine rings is 1. The van der Waals surface area contributed by atoms with Crippen molar-refractivity contribution in [2.75, 3.05) is 0 Å². The van der Waals surface area contributed by atoms with Crippen molar-refractivity contribution < 1.29 is 4.42 Å². The summed E-state index contributed by atoms with van der Waals surface area (Å²) in [6.45, 7) is 3.93. The fraction of sp³-hybridized carbons (Fsp3) is 0.176. The lowest BCUT2D eigenvalue weighted by atomic mass is 10.1. The average Bonchev–Trinajstić information content (AvgIpc) is 3.18. The van der Waals surface area contributed by atoms with Gasteiger partial charge in [0.05, 0.1) is 16.2 Å². The number of hydrogen-bond donors (Lipinski definition) is 0. The summed E-state index contributed by atoms with van der Waals surface area (Å²) in [6, 6.07) is 10.2. The van der Waals surface area contributed by atoms with Crippen molar-refractivity contribution in [3.63, 3.8) is 0 Å². The number of fused-ring (bicyclic) bond motifs is 1. The molecule has 4 aromatic rings. The molecule has 0 aliphatic heterocycles. The standard InChI is InChI=1S/C17H14N4OS2/c1-10-15(24-11(2)19-10)16-20-21-17(22-16)23-9-13-6-3-5-12-7-4-8-18-14(12)13/h3-8H,9H2,1-2H3. The monoisotopic (exact) mass is 354 g/mol. The lowest BCUT2D eigenvalue weighted by Crippen LogP contribution is -1.86. The molecule has 0 unspecified atom stereocenters. The number of para-hydroxylation sites is 1. The van der Waals surface area contributed by atoms with E-state index in [1.165, 1.54) is 11.8 Å². The Kier molecular flexibility index (Phi) is 4.03. The molecule has 7 heteroatoms. The van der Waals surface area contributed by atoms with Gasteiger partial charge in [-0.1, -0.05) is 36.0 Å². The largest absolute Gasteiger partial charge is 0.410 e. The number of aryl methyl sites for hydroxylation is 2. The van der Waals surface area contributed by atoms with Crippen molar-refractivity contribution in [3.8, 4) is 10.8 Å². The van der Waals surface area contributed by atoms with Crippen LogP contribution in [-0.4, -0.2) is 20.2 Å². The molecule has 5 nitrogen and oxygen atoms in total. The highest BCUT2D eigenvalue weighted by atomic mass is 32.2. The van der Waals surface area contributed by atoms with E-state index in [0.717, 1.165) is 37.8 Å². The van der Waals surface area contributed by atoms with E-state index in [-0.39, 0.29) is 0 Å². The highest BCUT2D eigenvalue weighted by molar-refractivity contribution is 7.98. The maximum absolute atomic E-state index is 5.79. The Labute approximate surface area is 147 Å². The summed E-state index contributed by atoms with van der Waals surface area (Å²) in [4.78, 5) is 9.82. The predicted molar refractivity (Wildman–Crippen MR) is 96.2 cm³/mol. The molecule has 0 saturated carbocycles. The van der Waals surface area contributed by atoms with Gasteiger partial charge in [-0.25, -0.2) is 4.98 Å². The molecule has 1 aromatic carbocycles. The number of thiazole rings is 1. The number of benzene rings is 1. The van der Waals surface area contributed by atoms with Gasteiger partial charge in [-0.05, 0) is 25.5 Å². The van der Waals surface area contributed by atoms with Gasteiger partial charge in [0.25, 0.3) is 11.1 Å². The Hall–Kier alpha value is -2.25. The van der Waals surface area contributed by atoms with Crippen LogP contribution in [0.5, 0.6) is 0 Å². The third-order valence-electron chi connectivity index (χ3n) is 3.57. The molecule has 0 fully saturated rings. The number of hydrogen-bond acceptors (Lipinski definition) is 7. The van der Waals surface area contributed by atoms with Crippen LogP contribution in [0, 0.1) is 13.8 Å².